The molecule has 0 aliphatic rings. The van der Waals surface area contributed by atoms with Crippen molar-refractivity contribution in [3.05, 3.63) is 6.92 Å². The summed E-state index contributed by atoms with van der Waals surface area (Å²) in [6, 6.07) is 0. The van der Waals surface area contributed by atoms with Gasteiger partial charge in [-0.25, -0.2) is 0 Å². The molecule has 8 heavy (non-hydrogen) atoms. The molecular weight excluding hydrogens is 106 g/mol. The Labute approximate surface area is 48.8 Å². The summed E-state index contributed by atoms with van der Waals surface area (Å²) in [7, 11) is 0. The molecule has 46 valence electrons. The Kier molecular flexibility index (Phi) is 3.84. The van der Waals surface area contributed by atoms with Gasteiger partial charge in [0.05, 0.1) is 13.3 Å². The van der Waals surface area contributed by atoms with Crippen molar-refractivity contribution in [1.82, 2.24) is 0 Å². The molecule has 1 N–H and O–H groups in total. The van der Waals surface area contributed by atoms with Gasteiger partial charge in [0.25, 0.3) is 0 Å². The zero-order valence-corrected chi connectivity index (χ0v) is 4.64. The molecular formula is C5H9NO2. The van der Waals surface area contributed by atoms with Crippen LogP contribution in [0.4, 0.5) is 0 Å². The van der Waals surface area contributed by atoms with E-state index in [1.54, 1.807) is 0 Å². The van der Waals surface area contributed by atoms with Crippen LogP contribution in [0.3, 0.4) is 0 Å². The van der Waals surface area contributed by atoms with Gasteiger partial charge in [0.2, 0.25) is 0 Å². The number of unbranched alkanes of at least 4 members (excludes halogenated alkanes) is 1. The van der Waals surface area contributed by atoms with Crippen molar-refractivity contribution in [3.8, 4) is 0 Å². The van der Waals surface area contributed by atoms with Crippen LogP contribution in [0, 0.1) is 12.3 Å². The van der Waals surface area contributed by atoms with Crippen molar-refractivity contribution in [3.63, 3.8) is 0 Å². The molecule has 0 aliphatic carbocycles. The predicted octanol–water partition coefficient (Wildman–Crippen LogP) is -0.0876. The molecule has 0 fully saturated rings. The summed E-state index contributed by atoms with van der Waals surface area (Å²) in [5.41, 5.74) is 0. The summed E-state index contributed by atoms with van der Waals surface area (Å²) >= 11 is 0. The second-order valence-corrected chi connectivity index (χ2v) is 1.34. The van der Waals surface area contributed by atoms with E-state index in [9.17, 15) is 5.11 Å². The highest BCUT2D eigenvalue weighted by Crippen LogP contribution is 1.84. The van der Waals surface area contributed by atoms with E-state index < -0.39 is 6.08 Å². The lowest BCUT2D eigenvalue weighted by Gasteiger charge is -2.08. The molecule has 0 atom stereocenters. The number of hydrogen-bond donors (Lipinski definition) is 1. The third-order valence-corrected chi connectivity index (χ3v) is 0.627. The fraction of sp³-hybridized carbons (Fsp3) is 0.600. The molecule has 0 aliphatic heterocycles. The van der Waals surface area contributed by atoms with Crippen LogP contribution < -0.4 is 5.11 Å². The van der Waals surface area contributed by atoms with Crippen LogP contribution in [0.15, 0.2) is 0 Å². The Morgan fingerprint density at radius 1 is 1.75 bits per heavy atom. The van der Waals surface area contributed by atoms with Gasteiger partial charge in [-0.15, -0.1) is 0 Å². The van der Waals surface area contributed by atoms with Crippen LogP contribution in [0.5, 0.6) is 0 Å². The summed E-state index contributed by atoms with van der Waals surface area (Å²) in [6.07, 6.45) is 0.524. The van der Waals surface area contributed by atoms with Crippen molar-refractivity contribution in [2.45, 2.75) is 12.8 Å². The number of rotatable bonds is 3. The van der Waals surface area contributed by atoms with E-state index in [-0.39, 0.29) is 0 Å². The normalized spacial score (nSPS) is 8.50. The maximum absolute atomic E-state index is 9.74. The zero-order valence-electron chi connectivity index (χ0n) is 4.64. The SMILES string of the molecule is [CH2+]CCCOC(=N)[O-]. The molecule has 3 heteroatoms. The van der Waals surface area contributed by atoms with Crippen LogP contribution in [-0.4, -0.2) is 12.7 Å². The van der Waals surface area contributed by atoms with Gasteiger partial charge in [0, 0.05) is 0 Å². The van der Waals surface area contributed by atoms with E-state index in [4.69, 9.17) is 5.41 Å². The van der Waals surface area contributed by atoms with E-state index in [0.29, 0.717) is 6.61 Å². The van der Waals surface area contributed by atoms with Crippen LogP contribution in [-0.2, 0) is 4.74 Å². The molecule has 0 aromatic carbocycles. The third-order valence-electron chi connectivity index (χ3n) is 0.627. The predicted molar refractivity (Wildman–Crippen MR) is 28.3 cm³/mol. The van der Waals surface area contributed by atoms with E-state index >= 15 is 0 Å². The highest BCUT2D eigenvalue weighted by atomic mass is 16.6. The molecule has 0 saturated carbocycles. The molecule has 3 nitrogen and oxygen atoms in total. The van der Waals surface area contributed by atoms with Gasteiger partial charge in [-0.05, 0) is 13.0 Å². The fourth-order valence-electron chi connectivity index (χ4n) is 0.267. The van der Waals surface area contributed by atoms with E-state index in [1.807, 2.05) is 0 Å². The van der Waals surface area contributed by atoms with Crippen molar-refractivity contribution in [2.75, 3.05) is 6.61 Å². The molecule has 0 heterocycles. The first-order valence-electron chi connectivity index (χ1n) is 2.45. The average molecular weight is 115 g/mol. The molecule has 0 radical (unpaired) electrons. The third kappa shape index (κ3) is 5.14. The van der Waals surface area contributed by atoms with Gasteiger partial charge in [-0.1, -0.05) is 0 Å². The molecule has 0 aromatic rings. The summed E-state index contributed by atoms with van der Waals surface area (Å²) in [5, 5.41) is 16.0. The Morgan fingerprint density at radius 3 is 2.75 bits per heavy atom. The monoisotopic (exact) mass is 115 g/mol. The van der Waals surface area contributed by atoms with Crippen LogP contribution in [0.2, 0.25) is 0 Å². The standard InChI is InChI=1S/C5H9NO2/c1-2-3-4-8-5(6)7/h1-4H2,(H-,6,7). The smallest absolute Gasteiger partial charge is 0.142 e. The second-order valence-electron chi connectivity index (χ2n) is 1.34. The van der Waals surface area contributed by atoms with Gasteiger partial charge in [-0.2, -0.15) is 0 Å². The molecule has 0 amide bonds. The minimum atomic E-state index is -0.960. The fourth-order valence-corrected chi connectivity index (χ4v) is 0.267. The first kappa shape index (κ1) is 7.14. The summed E-state index contributed by atoms with van der Waals surface area (Å²) in [6.45, 7) is 3.86. The lowest BCUT2D eigenvalue weighted by Crippen LogP contribution is -2.19. The lowest BCUT2D eigenvalue weighted by molar-refractivity contribution is -0.252. The Hall–Kier alpha value is -0.860. The van der Waals surface area contributed by atoms with E-state index in [1.165, 1.54) is 0 Å². The van der Waals surface area contributed by atoms with Crippen molar-refractivity contribution in [1.29, 1.82) is 5.41 Å². The molecule has 0 unspecified atom stereocenters. The van der Waals surface area contributed by atoms with Crippen LogP contribution in [0.25, 0.3) is 0 Å². The Bertz CT molecular complexity index is 72.8. The van der Waals surface area contributed by atoms with Crippen molar-refractivity contribution >= 4 is 6.08 Å². The number of nitrogens with one attached hydrogen (secondary N) is 1. The van der Waals surface area contributed by atoms with Crippen molar-refractivity contribution in [2.24, 2.45) is 0 Å². The summed E-state index contributed by atoms with van der Waals surface area (Å²) in [4.78, 5) is 0. The van der Waals surface area contributed by atoms with Crippen LogP contribution >= 0.6 is 0 Å². The first-order valence-corrected chi connectivity index (χ1v) is 2.45. The second kappa shape index (κ2) is 4.30. The topological polar surface area (TPSA) is 56.1 Å². The van der Waals surface area contributed by atoms with E-state index in [0.717, 1.165) is 12.8 Å². The number of hydrogen-bond acceptors (Lipinski definition) is 3. The summed E-state index contributed by atoms with van der Waals surface area (Å²) in [5.74, 6) is 0. The Balaban J connectivity index is 2.82. The molecule has 0 saturated heterocycles. The van der Waals surface area contributed by atoms with Gasteiger partial charge in [0.1, 0.15) is 6.08 Å². The molecule has 0 bridgehead atoms. The molecule has 0 spiro atoms. The van der Waals surface area contributed by atoms with Gasteiger partial charge in [-0.3, -0.25) is 5.41 Å². The highest BCUT2D eigenvalue weighted by molar-refractivity contribution is 5.56. The van der Waals surface area contributed by atoms with E-state index in [2.05, 4.69) is 11.7 Å². The Morgan fingerprint density at radius 2 is 2.38 bits per heavy atom. The first-order chi connectivity index (χ1) is 3.77. The number of ether oxygens (including phenoxy) is 1. The maximum Gasteiger partial charge on any atom is 0.142 e. The summed E-state index contributed by atoms with van der Waals surface area (Å²) < 4.78 is 4.27. The van der Waals surface area contributed by atoms with Crippen LogP contribution in [0.1, 0.15) is 12.8 Å². The highest BCUT2D eigenvalue weighted by Gasteiger charge is 1.80. The minimum Gasteiger partial charge on any atom is -0.600 e. The molecule has 0 rings (SSSR count). The van der Waals surface area contributed by atoms with Gasteiger partial charge >= 0.3 is 0 Å². The van der Waals surface area contributed by atoms with Crippen molar-refractivity contribution < 1.29 is 9.84 Å². The lowest BCUT2D eigenvalue weighted by atomic mass is 10.4. The maximum atomic E-state index is 9.74. The molecule has 0 aromatic heterocycles. The largest absolute Gasteiger partial charge is 0.600 e. The zero-order chi connectivity index (χ0) is 6.41. The minimum absolute atomic E-state index is 0.325. The average Bonchev–Trinajstić information content (AvgIpc) is 1.66. The van der Waals surface area contributed by atoms with Gasteiger partial charge in [0.15, 0.2) is 0 Å². The van der Waals surface area contributed by atoms with Gasteiger partial charge < -0.3 is 9.84 Å². The quantitative estimate of drug-likeness (QED) is 0.242.